The number of ether oxygens (including phenoxy) is 1. The Morgan fingerprint density at radius 3 is 2.70 bits per heavy atom. The molecule has 4 rings (SSSR count). The van der Waals surface area contributed by atoms with E-state index in [-0.39, 0.29) is 12.4 Å². The summed E-state index contributed by atoms with van der Waals surface area (Å²) < 4.78 is 10.6. The largest absolute Gasteiger partial charge is 0.507 e. The number of nitrogens with zero attached hydrogens (tertiary/aromatic N) is 1. The first-order valence-corrected chi connectivity index (χ1v) is 9.20. The molecule has 4 aromatic rings. The maximum Gasteiger partial charge on any atom is 0.336 e. The molecule has 0 saturated carbocycles. The lowest BCUT2D eigenvalue weighted by Crippen LogP contribution is -2.24. The highest BCUT2D eigenvalue weighted by atomic mass is 16.5. The highest BCUT2D eigenvalue weighted by Crippen LogP contribution is 2.24. The van der Waals surface area contributed by atoms with Crippen LogP contribution in [0.2, 0.25) is 0 Å². The van der Waals surface area contributed by atoms with E-state index in [0.29, 0.717) is 16.9 Å². The Labute approximate surface area is 171 Å². The van der Waals surface area contributed by atoms with Crippen LogP contribution < -0.4 is 15.8 Å². The van der Waals surface area contributed by atoms with E-state index >= 15 is 0 Å². The summed E-state index contributed by atoms with van der Waals surface area (Å²) in [7, 11) is 0. The predicted octanol–water partition coefficient (Wildman–Crippen LogP) is 3.49. The predicted molar refractivity (Wildman–Crippen MR) is 114 cm³/mol. The summed E-state index contributed by atoms with van der Waals surface area (Å²) in [5, 5.41) is 16.6. The molecule has 0 spiro atoms. The van der Waals surface area contributed by atoms with Crippen LogP contribution in [0.15, 0.2) is 75.0 Å². The number of amides is 1. The number of aromatic hydroxyl groups is 1. The van der Waals surface area contributed by atoms with Crippen molar-refractivity contribution in [2.45, 2.75) is 6.92 Å². The summed E-state index contributed by atoms with van der Waals surface area (Å²) in [6.45, 7) is 1.54. The van der Waals surface area contributed by atoms with Crippen LogP contribution in [0, 0.1) is 6.92 Å². The lowest BCUT2D eigenvalue weighted by Gasteiger charge is -2.07. The zero-order valence-corrected chi connectivity index (χ0v) is 16.1. The standard InChI is InChI=1S/C23H18N2O5/c1-14-8-23(28)30-21-11-18(6-7-19(14)21)29-13-22(27)25-24-12-17-9-15-4-2-3-5-16(15)10-20(17)26/h2-12,26H,13H2,1H3,(H,25,27)/b24-12-. The molecule has 0 fully saturated rings. The fourth-order valence-corrected chi connectivity index (χ4v) is 3.10. The van der Waals surface area contributed by atoms with Gasteiger partial charge in [0.25, 0.3) is 5.91 Å². The maximum atomic E-state index is 12.0. The van der Waals surface area contributed by atoms with Crippen LogP contribution in [-0.2, 0) is 4.79 Å². The lowest BCUT2D eigenvalue weighted by atomic mass is 10.1. The van der Waals surface area contributed by atoms with Gasteiger partial charge in [-0.25, -0.2) is 10.2 Å². The number of phenols is 1. The highest BCUT2D eigenvalue weighted by molar-refractivity contribution is 5.94. The summed E-state index contributed by atoms with van der Waals surface area (Å²) in [4.78, 5) is 23.5. The van der Waals surface area contributed by atoms with Gasteiger partial charge in [-0.05, 0) is 47.5 Å². The first-order valence-electron chi connectivity index (χ1n) is 9.20. The van der Waals surface area contributed by atoms with E-state index in [1.165, 1.54) is 12.3 Å². The van der Waals surface area contributed by atoms with Gasteiger partial charge in [0.15, 0.2) is 6.61 Å². The Morgan fingerprint density at radius 1 is 1.13 bits per heavy atom. The monoisotopic (exact) mass is 402 g/mol. The average Bonchev–Trinajstić information content (AvgIpc) is 2.72. The highest BCUT2D eigenvalue weighted by Gasteiger charge is 2.07. The number of benzene rings is 3. The van der Waals surface area contributed by atoms with Crippen molar-refractivity contribution < 1.29 is 19.1 Å². The fourth-order valence-electron chi connectivity index (χ4n) is 3.10. The van der Waals surface area contributed by atoms with E-state index in [2.05, 4.69) is 10.5 Å². The summed E-state index contributed by atoms with van der Waals surface area (Å²) in [6.07, 6.45) is 1.37. The summed E-state index contributed by atoms with van der Waals surface area (Å²) in [5.41, 5.74) is 3.59. The number of hydrogen-bond acceptors (Lipinski definition) is 6. The Morgan fingerprint density at radius 2 is 1.90 bits per heavy atom. The number of rotatable bonds is 5. The van der Waals surface area contributed by atoms with E-state index in [1.807, 2.05) is 31.2 Å². The van der Waals surface area contributed by atoms with Gasteiger partial charge in [0.1, 0.15) is 17.1 Å². The molecule has 1 aromatic heterocycles. The van der Waals surface area contributed by atoms with Gasteiger partial charge < -0.3 is 14.3 Å². The molecule has 0 atom stereocenters. The topological polar surface area (TPSA) is 101 Å². The second-order valence-corrected chi connectivity index (χ2v) is 6.75. The molecule has 30 heavy (non-hydrogen) atoms. The minimum atomic E-state index is -0.475. The van der Waals surface area contributed by atoms with Crippen LogP contribution in [0.25, 0.3) is 21.7 Å². The van der Waals surface area contributed by atoms with Crippen molar-refractivity contribution in [2.75, 3.05) is 6.61 Å². The quantitative estimate of drug-likeness (QED) is 0.302. The van der Waals surface area contributed by atoms with Crippen LogP contribution in [0.4, 0.5) is 0 Å². The second kappa shape index (κ2) is 8.08. The number of hydrazone groups is 1. The number of carbonyl (C=O) groups excluding carboxylic acids is 1. The number of hydrogen-bond donors (Lipinski definition) is 2. The van der Waals surface area contributed by atoms with Gasteiger partial charge >= 0.3 is 5.63 Å². The number of aryl methyl sites for hydroxylation is 1. The third kappa shape index (κ3) is 4.15. The summed E-state index contributed by atoms with van der Waals surface area (Å²) in [6, 6.07) is 17.5. The molecule has 0 radical (unpaired) electrons. The van der Waals surface area contributed by atoms with Crippen LogP contribution in [0.5, 0.6) is 11.5 Å². The van der Waals surface area contributed by atoms with E-state index in [9.17, 15) is 14.7 Å². The number of carbonyl (C=O) groups is 1. The smallest absolute Gasteiger partial charge is 0.336 e. The van der Waals surface area contributed by atoms with Crippen LogP contribution in [0.3, 0.4) is 0 Å². The summed E-state index contributed by atoms with van der Waals surface area (Å²) >= 11 is 0. The molecule has 3 aromatic carbocycles. The molecule has 1 heterocycles. The van der Waals surface area contributed by atoms with Gasteiger partial charge in [-0.3, -0.25) is 4.79 Å². The molecule has 7 nitrogen and oxygen atoms in total. The Kier molecular flexibility index (Phi) is 5.17. The molecular weight excluding hydrogens is 384 g/mol. The normalized spacial score (nSPS) is 11.2. The van der Waals surface area contributed by atoms with E-state index in [0.717, 1.165) is 21.7 Å². The molecule has 0 aliphatic rings. The van der Waals surface area contributed by atoms with Gasteiger partial charge in [-0.1, -0.05) is 24.3 Å². The van der Waals surface area contributed by atoms with Crippen molar-refractivity contribution in [1.82, 2.24) is 5.43 Å². The van der Waals surface area contributed by atoms with Crippen LogP contribution in [0.1, 0.15) is 11.1 Å². The van der Waals surface area contributed by atoms with Crippen molar-refractivity contribution in [3.8, 4) is 11.5 Å². The Balaban J connectivity index is 1.39. The number of nitrogens with one attached hydrogen (secondary N) is 1. The summed E-state index contributed by atoms with van der Waals surface area (Å²) in [5.74, 6) is -0.0178. The van der Waals surface area contributed by atoms with Crippen molar-refractivity contribution in [3.63, 3.8) is 0 Å². The minimum Gasteiger partial charge on any atom is -0.507 e. The molecule has 0 aliphatic carbocycles. The second-order valence-electron chi connectivity index (χ2n) is 6.75. The maximum absolute atomic E-state index is 12.0. The molecule has 7 heteroatoms. The van der Waals surface area contributed by atoms with Gasteiger partial charge in [0.05, 0.1) is 6.21 Å². The molecule has 0 bridgehead atoms. The van der Waals surface area contributed by atoms with E-state index in [1.54, 1.807) is 30.3 Å². The molecule has 0 aliphatic heterocycles. The van der Waals surface area contributed by atoms with Crippen molar-refractivity contribution in [3.05, 3.63) is 82.2 Å². The fraction of sp³-hybridized carbons (Fsp3) is 0.0870. The average molecular weight is 402 g/mol. The molecule has 150 valence electrons. The molecular formula is C23H18N2O5. The van der Waals surface area contributed by atoms with Crippen molar-refractivity contribution >= 4 is 33.9 Å². The van der Waals surface area contributed by atoms with Crippen molar-refractivity contribution in [1.29, 1.82) is 0 Å². The number of phenolic OH excluding ortho intramolecular Hbond substituents is 1. The SMILES string of the molecule is Cc1cc(=O)oc2cc(OCC(=O)N/N=C\c3cc4ccccc4cc3O)ccc12. The molecule has 0 saturated heterocycles. The molecule has 0 unspecified atom stereocenters. The Hall–Kier alpha value is -4.13. The first kappa shape index (κ1) is 19.2. The van der Waals surface area contributed by atoms with Crippen LogP contribution >= 0.6 is 0 Å². The minimum absolute atomic E-state index is 0.0656. The third-order valence-electron chi connectivity index (χ3n) is 4.58. The third-order valence-corrected chi connectivity index (χ3v) is 4.58. The van der Waals surface area contributed by atoms with Crippen LogP contribution in [-0.4, -0.2) is 23.8 Å². The zero-order valence-electron chi connectivity index (χ0n) is 16.1. The number of fused-ring (bicyclic) bond motifs is 2. The van der Waals surface area contributed by atoms with E-state index in [4.69, 9.17) is 9.15 Å². The lowest BCUT2D eigenvalue weighted by molar-refractivity contribution is -0.123. The first-order chi connectivity index (χ1) is 14.5. The van der Waals surface area contributed by atoms with E-state index < -0.39 is 11.5 Å². The zero-order chi connectivity index (χ0) is 21.1. The van der Waals surface area contributed by atoms with Gasteiger partial charge in [-0.15, -0.1) is 0 Å². The van der Waals surface area contributed by atoms with Gasteiger partial charge in [0.2, 0.25) is 0 Å². The Bertz CT molecular complexity index is 1340. The molecule has 1 amide bonds. The molecule has 2 N–H and O–H groups in total. The van der Waals surface area contributed by atoms with Gasteiger partial charge in [0, 0.05) is 23.1 Å². The van der Waals surface area contributed by atoms with Crippen molar-refractivity contribution in [2.24, 2.45) is 5.10 Å². The van der Waals surface area contributed by atoms with Gasteiger partial charge in [-0.2, -0.15) is 5.10 Å².